The molecule has 0 saturated heterocycles. The lowest BCUT2D eigenvalue weighted by molar-refractivity contribution is -0.941. The topological polar surface area (TPSA) is 26.3 Å². The maximum absolute atomic E-state index is 11.1. The minimum Gasteiger partial charge on any atom is -1.00 e. The molecule has 0 unspecified atom stereocenters. The summed E-state index contributed by atoms with van der Waals surface area (Å²) in [6.45, 7) is 12.8. The molecule has 0 heterocycles. The first kappa shape index (κ1) is 21.7. The van der Waals surface area contributed by atoms with Crippen LogP contribution in [0, 0.1) is 0 Å². The number of carbonyl (C=O) groups is 1. The summed E-state index contributed by atoms with van der Waals surface area (Å²) in [4.78, 5) is 11.1. The molecule has 0 bridgehead atoms. The zero-order valence-electron chi connectivity index (χ0n) is 14.5. The van der Waals surface area contributed by atoms with Gasteiger partial charge in [0, 0.05) is 18.1 Å². The number of esters is 1. The van der Waals surface area contributed by atoms with Gasteiger partial charge in [-0.2, -0.15) is 0 Å². The van der Waals surface area contributed by atoms with Crippen LogP contribution in [0.2, 0.25) is 0 Å². The second kappa shape index (κ2) is 12.1. The Morgan fingerprint density at radius 2 is 1.74 bits per heavy atom. The summed E-state index contributed by atoms with van der Waals surface area (Å²) >= 11 is 0. The van der Waals surface area contributed by atoms with Crippen LogP contribution in [0.25, 0.3) is 0 Å². The van der Waals surface area contributed by atoms with Gasteiger partial charge >= 0.3 is 5.97 Å². The lowest BCUT2D eigenvalue weighted by Crippen LogP contribution is -3.00. The van der Waals surface area contributed by atoms with Gasteiger partial charge < -0.3 is 21.6 Å². The molecule has 0 aliphatic heterocycles. The van der Waals surface area contributed by atoms with Crippen LogP contribution >= 0.6 is 0 Å². The van der Waals surface area contributed by atoms with Gasteiger partial charge in [-0.15, -0.1) is 0 Å². The molecule has 130 valence electrons. The third-order valence-corrected chi connectivity index (χ3v) is 3.94. The van der Waals surface area contributed by atoms with E-state index in [2.05, 4.69) is 50.8 Å². The summed E-state index contributed by atoms with van der Waals surface area (Å²) in [6, 6.07) is 10.7. The summed E-state index contributed by atoms with van der Waals surface area (Å²) in [6.07, 6.45) is 4.45. The van der Waals surface area contributed by atoms with E-state index in [4.69, 9.17) is 4.74 Å². The van der Waals surface area contributed by atoms with Gasteiger partial charge in [0.1, 0.15) is 6.54 Å². The highest BCUT2D eigenvalue weighted by atomic mass is 35.5. The third-order valence-electron chi connectivity index (χ3n) is 3.94. The van der Waals surface area contributed by atoms with Crippen molar-refractivity contribution in [2.45, 2.75) is 39.7 Å². The average Bonchev–Trinajstić information content (AvgIpc) is 2.53. The normalized spacial score (nSPS) is 10.7. The van der Waals surface area contributed by atoms with Crippen LogP contribution in [-0.2, 0) is 16.1 Å². The minimum absolute atomic E-state index is 0. The van der Waals surface area contributed by atoms with Gasteiger partial charge in [-0.3, -0.25) is 0 Å². The van der Waals surface area contributed by atoms with Crippen molar-refractivity contribution in [2.75, 3.05) is 26.2 Å². The van der Waals surface area contributed by atoms with Crippen molar-refractivity contribution in [1.29, 1.82) is 0 Å². The Labute approximate surface area is 147 Å². The molecular weight excluding hydrogens is 310 g/mol. The van der Waals surface area contributed by atoms with Crippen molar-refractivity contribution in [3.05, 3.63) is 48.6 Å². The second-order valence-corrected chi connectivity index (χ2v) is 5.88. The predicted octanol–water partition coefficient (Wildman–Crippen LogP) is 0.947. The fourth-order valence-corrected chi connectivity index (χ4v) is 3.12. The number of benzene rings is 1. The molecular formula is C19H30ClNO2. The van der Waals surface area contributed by atoms with E-state index in [0.29, 0.717) is 6.61 Å². The van der Waals surface area contributed by atoms with Crippen molar-refractivity contribution in [3.8, 4) is 0 Å². The zero-order valence-corrected chi connectivity index (χ0v) is 15.2. The molecule has 1 aromatic rings. The van der Waals surface area contributed by atoms with E-state index in [1.54, 1.807) is 0 Å². The molecule has 0 atom stereocenters. The number of halogens is 1. The van der Waals surface area contributed by atoms with Crippen molar-refractivity contribution < 1.29 is 26.4 Å². The SMILES string of the molecule is C=CC(=O)OCCC[N+](CCC)(CCC)Cc1ccccc1.[Cl-]. The number of quaternary nitrogens is 1. The Bertz CT molecular complexity index is 442. The monoisotopic (exact) mass is 339 g/mol. The molecule has 0 saturated carbocycles. The van der Waals surface area contributed by atoms with E-state index in [1.165, 1.54) is 24.5 Å². The van der Waals surface area contributed by atoms with Crippen LogP contribution in [0.4, 0.5) is 0 Å². The lowest BCUT2D eigenvalue weighted by atomic mass is 10.1. The Morgan fingerprint density at radius 1 is 1.13 bits per heavy atom. The summed E-state index contributed by atoms with van der Waals surface area (Å²) in [5, 5.41) is 0. The van der Waals surface area contributed by atoms with Crippen LogP contribution in [0.1, 0.15) is 38.7 Å². The lowest BCUT2D eigenvalue weighted by Gasteiger charge is -2.39. The van der Waals surface area contributed by atoms with Gasteiger partial charge in [0.2, 0.25) is 0 Å². The van der Waals surface area contributed by atoms with Gasteiger partial charge in [0.05, 0.1) is 26.2 Å². The fraction of sp³-hybridized carbons (Fsp3) is 0.526. The molecule has 0 aliphatic rings. The third kappa shape index (κ3) is 8.19. The first-order chi connectivity index (χ1) is 10.7. The second-order valence-electron chi connectivity index (χ2n) is 5.88. The number of ether oxygens (including phenoxy) is 1. The number of hydrogen-bond donors (Lipinski definition) is 0. The molecule has 23 heavy (non-hydrogen) atoms. The molecule has 0 radical (unpaired) electrons. The van der Waals surface area contributed by atoms with E-state index in [0.717, 1.165) is 37.1 Å². The number of nitrogens with zero attached hydrogens (tertiary/aromatic N) is 1. The highest BCUT2D eigenvalue weighted by molar-refractivity contribution is 5.81. The van der Waals surface area contributed by atoms with Crippen LogP contribution in [0.3, 0.4) is 0 Å². The van der Waals surface area contributed by atoms with Crippen molar-refractivity contribution in [2.24, 2.45) is 0 Å². The minimum atomic E-state index is -0.327. The number of hydrogen-bond acceptors (Lipinski definition) is 2. The van der Waals surface area contributed by atoms with Crippen LogP contribution in [0.5, 0.6) is 0 Å². The van der Waals surface area contributed by atoms with Gasteiger partial charge in [-0.25, -0.2) is 4.79 Å². The summed E-state index contributed by atoms with van der Waals surface area (Å²) in [5.74, 6) is -0.327. The van der Waals surface area contributed by atoms with Crippen molar-refractivity contribution in [1.82, 2.24) is 0 Å². The molecule has 0 spiro atoms. The number of carbonyl (C=O) groups excluding carboxylic acids is 1. The molecule has 4 heteroatoms. The summed E-state index contributed by atoms with van der Waals surface area (Å²) in [5.41, 5.74) is 1.38. The van der Waals surface area contributed by atoms with Crippen molar-refractivity contribution in [3.63, 3.8) is 0 Å². The van der Waals surface area contributed by atoms with Crippen molar-refractivity contribution >= 4 is 5.97 Å². The molecule has 0 fully saturated rings. The molecule has 1 rings (SSSR count). The van der Waals surface area contributed by atoms with E-state index in [-0.39, 0.29) is 18.4 Å². The van der Waals surface area contributed by atoms with Crippen LogP contribution < -0.4 is 12.4 Å². The number of rotatable bonds is 11. The van der Waals surface area contributed by atoms with E-state index in [1.807, 2.05) is 0 Å². The molecule has 0 aliphatic carbocycles. The van der Waals surface area contributed by atoms with Gasteiger partial charge in [-0.05, 0) is 12.8 Å². The van der Waals surface area contributed by atoms with Crippen LogP contribution in [0.15, 0.2) is 43.0 Å². The van der Waals surface area contributed by atoms with E-state index >= 15 is 0 Å². The Morgan fingerprint density at radius 3 is 2.26 bits per heavy atom. The van der Waals surface area contributed by atoms with Gasteiger partial charge in [-0.1, -0.05) is 50.8 Å². The smallest absolute Gasteiger partial charge is 0.330 e. The molecule has 0 N–H and O–H groups in total. The van der Waals surface area contributed by atoms with E-state index < -0.39 is 0 Å². The first-order valence-corrected chi connectivity index (χ1v) is 8.34. The predicted molar refractivity (Wildman–Crippen MR) is 91.4 cm³/mol. The Balaban J connectivity index is 0.00000484. The maximum Gasteiger partial charge on any atom is 0.330 e. The van der Waals surface area contributed by atoms with Gasteiger partial charge in [0.15, 0.2) is 0 Å². The quantitative estimate of drug-likeness (QED) is 0.260. The average molecular weight is 340 g/mol. The van der Waals surface area contributed by atoms with Gasteiger partial charge in [0.25, 0.3) is 0 Å². The standard InChI is InChI=1S/C19H30NO2.ClH/c1-4-13-20(14-5-2,15-10-16-22-19(21)6-3)17-18-11-8-7-9-12-18;/h6-9,11-12H,3-5,10,13-17H2,1-2H3;1H/q+1;/p-1. The highest BCUT2D eigenvalue weighted by Crippen LogP contribution is 2.18. The molecule has 3 nitrogen and oxygen atoms in total. The largest absolute Gasteiger partial charge is 1.00 e. The zero-order chi connectivity index (χ0) is 16.3. The molecule has 1 aromatic carbocycles. The maximum atomic E-state index is 11.1. The van der Waals surface area contributed by atoms with E-state index in [9.17, 15) is 4.79 Å². The molecule has 0 aromatic heterocycles. The molecule has 0 amide bonds. The highest BCUT2D eigenvalue weighted by Gasteiger charge is 2.25. The summed E-state index contributed by atoms with van der Waals surface area (Å²) in [7, 11) is 0. The summed E-state index contributed by atoms with van der Waals surface area (Å²) < 4.78 is 6.20. The Hall–Kier alpha value is -1.32. The van der Waals surface area contributed by atoms with Crippen LogP contribution in [-0.4, -0.2) is 36.7 Å². The fourth-order valence-electron chi connectivity index (χ4n) is 3.12. The Kier molecular flexibility index (Phi) is 11.4. The first-order valence-electron chi connectivity index (χ1n) is 8.34.